The third-order valence-corrected chi connectivity index (χ3v) is 5.78. The van der Waals surface area contributed by atoms with E-state index in [4.69, 9.17) is 9.47 Å². The molecule has 1 fully saturated rings. The molecular weight excluding hydrogens is 362 g/mol. The van der Waals surface area contributed by atoms with Crippen LogP contribution in [-0.2, 0) is 9.53 Å². The Bertz CT molecular complexity index is 791. The van der Waals surface area contributed by atoms with Crippen LogP contribution >= 0.6 is 11.3 Å². The number of carbonyl (C=O) groups excluding carboxylic acids is 2. The molecule has 27 heavy (non-hydrogen) atoms. The second-order valence-corrected chi connectivity index (χ2v) is 7.51. The minimum atomic E-state index is -0.413. The summed E-state index contributed by atoms with van der Waals surface area (Å²) in [6, 6.07) is 7.50. The SMILES string of the molecule is CCOC(=O)c1c(-c2ccc(OC)cc2)csc1NC(=O)C1CCCCC1. The lowest BCUT2D eigenvalue weighted by Gasteiger charge is -2.20. The molecule has 0 unspecified atom stereocenters. The topological polar surface area (TPSA) is 64.6 Å². The molecule has 5 nitrogen and oxygen atoms in total. The molecule has 144 valence electrons. The molecule has 1 saturated carbocycles. The molecule has 0 radical (unpaired) electrons. The first-order valence-electron chi connectivity index (χ1n) is 9.38. The van der Waals surface area contributed by atoms with Crippen LogP contribution in [0.4, 0.5) is 5.00 Å². The quantitative estimate of drug-likeness (QED) is 0.699. The van der Waals surface area contributed by atoms with Gasteiger partial charge in [0.05, 0.1) is 13.7 Å². The van der Waals surface area contributed by atoms with E-state index in [0.717, 1.165) is 42.6 Å². The standard InChI is InChI=1S/C21H25NO4S/c1-3-26-21(24)18-17(14-9-11-16(25-2)12-10-14)13-27-20(18)22-19(23)15-7-5-4-6-8-15/h9-13,15H,3-8H2,1-2H3,(H,22,23). The zero-order chi connectivity index (χ0) is 19.2. The van der Waals surface area contributed by atoms with Crippen LogP contribution < -0.4 is 10.1 Å². The van der Waals surface area contributed by atoms with Gasteiger partial charge < -0.3 is 14.8 Å². The van der Waals surface area contributed by atoms with Crippen molar-refractivity contribution in [3.05, 3.63) is 35.2 Å². The Kier molecular flexibility index (Phi) is 6.50. The molecule has 1 aliphatic rings. The van der Waals surface area contributed by atoms with Crippen LogP contribution in [-0.4, -0.2) is 25.6 Å². The highest BCUT2D eigenvalue weighted by molar-refractivity contribution is 7.15. The van der Waals surface area contributed by atoms with Crippen LogP contribution in [0.1, 0.15) is 49.4 Å². The third kappa shape index (κ3) is 4.50. The summed E-state index contributed by atoms with van der Waals surface area (Å²) in [5, 5.41) is 5.44. The third-order valence-electron chi connectivity index (χ3n) is 4.88. The second kappa shape index (κ2) is 9.04. The highest BCUT2D eigenvalue weighted by Crippen LogP contribution is 2.37. The van der Waals surface area contributed by atoms with Gasteiger partial charge in [-0.15, -0.1) is 11.3 Å². The van der Waals surface area contributed by atoms with Crippen LogP contribution in [0.25, 0.3) is 11.1 Å². The number of rotatable bonds is 6. The summed E-state index contributed by atoms with van der Waals surface area (Å²) in [5.74, 6) is 0.365. The highest BCUT2D eigenvalue weighted by atomic mass is 32.1. The van der Waals surface area contributed by atoms with Crippen LogP contribution in [0, 0.1) is 5.92 Å². The van der Waals surface area contributed by atoms with Crippen molar-refractivity contribution in [1.29, 1.82) is 0 Å². The number of esters is 1. The first-order chi connectivity index (χ1) is 13.1. The molecule has 1 heterocycles. The summed E-state index contributed by atoms with van der Waals surface area (Å²) in [6.07, 6.45) is 5.20. The van der Waals surface area contributed by atoms with E-state index in [1.165, 1.54) is 17.8 Å². The summed E-state index contributed by atoms with van der Waals surface area (Å²) in [7, 11) is 1.61. The van der Waals surface area contributed by atoms with E-state index in [2.05, 4.69) is 5.32 Å². The van der Waals surface area contributed by atoms with Gasteiger partial charge in [0.2, 0.25) is 5.91 Å². The van der Waals surface area contributed by atoms with Gasteiger partial charge in [-0.1, -0.05) is 31.4 Å². The van der Waals surface area contributed by atoms with Crippen molar-refractivity contribution < 1.29 is 19.1 Å². The van der Waals surface area contributed by atoms with Crippen molar-refractivity contribution in [1.82, 2.24) is 0 Å². The molecule has 6 heteroatoms. The monoisotopic (exact) mass is 387 g/mol. The van der Waals surface area contributed by atoms with E-state index in [9.17, 15) is 9.59 Å². The molecule has 0 bridgehead atoms. The fourth-order valence-electron chi connectivity index (χ4n) is 3.42. The van der Waals surface area contributed by atoms with Gasteiger partial charge in [-0.25, -0.2) is 4.79 Å². The molecule has 0 spiro atoms. The van der Waals surface area contributed by atoms with E-state index in [-0.39, 0.29) is 18.4 Å². The first kappa shape index (κ1) is 19.4. The molecule has 1 aromatic carbocycles. The van der Waals surface area contributed by atoms with Crippen LogP contribution in [0.15, 0.2) is 29.6 Å². The lowest BCUT2D eigenvalue weighted by molar-refractivity contribution is -0.120. The summed E-state index contributed by atoms with van der Waals surface area (Å²) in [4.78, 5) is 25.3. The lowest BCUT2D eigenvalue weighted by atomic mass is 9.88. The molecule has 1 N–H and O–H groups in total. The normalized spacial score (nSPS) is 14.6. The Morgan fingerprint density at radius 2 is 1.85 bits per heavy atom. The average molecular weight is 388 g/mol. The van der Waals surface area contributed by atoms with Gasteiger partial charge >= 0.3 is 5.97 Å². The number of methoxy groups -OCH3 is 1. The fraction of sp³-hybridized carbons (Fsp3) is 0.429. The van der Waals surface area contributed by atoms with E-state index in [0.29, 0.717) is 10.6 Å². The van der Waals surface area contributed by atoms with Crippen molar-refractivity contribution in [3.8, 4) is 16.9 Å². The summed E-state index contributed by atoms with van der Waals surface area (Å²) in [6.45, 7) is 2.06. The molecule has 1 amide bonds. The van der Waals surface area contributed by atoms with Gasteiger partial charge in [0.25, 0.3) is 0 Å². The zero-order valence-electron chi connectivity index (χ0n) is 15.7. The van der Waals surface area contributed by atoms with E-state index >= 15 is 0 Å². The maximum Gasteiger partial charge on any atom is 0.341 e. The van der Waals surface area contributed by atoms with Gasteiger partial charge in [-0.3, -0.25) is 4.79 Å². The Morgan fingerprint density at radius 3 is 2.48 bits per heavy atom. The highest BCUT2D eigenvalue weighted by Gasteiger charge is 2.26. The number of nitrogens with one attached hydrogen (secondary N) is 1. The summed E-state index contributed by atoms with van der Waals surface area (Å²) >= 11 is 1.36. The van der Waals surface area contributed by atoms with Gasteiger partial charge in [0, 0.05) is 16.9 Å². The van der Waals surface area contributed by atoms with Gasteiger partial charge in [0.15, 0.2) is 0 Å². The number of benzene rings is 1. The minimum Gasteiger partial charge on any atom is -0.497 e. The Labute approximate surface area is 163 Å². The molecule has 1 aromatic heterocycles. The van der Waals surface area contributed by atoms with E-state index in [1.54, 1.807) is 14.0 Å². The van der Waals surface area contributed by atoms with Gasteiger partial charge in [-0.05, 0) is 37.5 Å². The van der Waals surface area contributed by atoms with Crippen molar-refractivity contribution in [2.24, 2.45) is 5.92 Å². The molecule has 1 aliphatic carbocycles. The van der Waals surface area contributed by atoms with E-state index in [1.807, 2.05) is 29.6 Å². The Morgan fingerprint density at radius 1 is 1.15 bits per heavy atom. The number of hydrogen-bond acceptors (Lipinski definition) is 5. The van der Waals surface area contributed by atoms with Crippen molar-refractivity contribution in [2.75, 3.05) is 19.0 Å². The number of hydrogen-bond donors (Lipinski definition) is 1. The number of anilines is 1. The largest absolute Gasteiger partial charge is 0.497 e. The minimum absolute atomic E-state index is 0.00313. The van der Waals surface area contributed by atoms with Gasteiger partial charge in [-0.2, -0.15) is 0 Å². The fourth-order valence-corrected chi connectivity index (χ4v) is 4.38. The zero-order valence-corrected chi connectivity index (χ0v) is 16.6. The van der Waals surface area contributed by atoms with E-state index < -0.39 is 5.97 Å². The number of carbonyl (C=O) groups is 2. The van der Waals surface area contributed by atoms with Crippen LogP contribution in [0.5, 0.6) is 5.75 Å². The number of amides is 1. The maximum absolute atomic E-state index is 12.7. The maximum atomic E-state index is 12.7. The summed E-state index contributed by atoms with van der Waals surface area (Å²) < 4.78 is 10.5. The molecule has 0 saturated heterocycles. The second-order valence-electron chi connectivity index (χ2n) is 6.63. The van der Waals surface area contributed by atoms with Gasteiger partial charge in [0.1, 0.15) is 16.3 Å². The van der Waals surface area contributed by atoms with Crippen molar-refractivity contribution in [3.63, 3.8) is 0 Å². The Balaban J connectivity index is 1.90. The molecule has 0 atom stereocenters. The molecule has 3 rings (SSSR count). The average Bonchev–Trinajstić information content (AvgIpc) is 3.12. The van der Waals surface area contributed by atoms with Crippen molar-refractivity contribution in [2.45, 2.75) is 39.0 Å². The predicted molar refractivity (Wildman–Crippen MR) is 107 cm³/mol. The number of thiophene rings is 1. The number of ether oxygens (including phenoxy) is 2. The Hall–Kier alpha value is -2.34. The van der Waals surface area contributed by atoms with Crippen LogP contribution in [0.2, 0.25) is 0 Å². The smallest absolute Gasteiger partial charge is 0.341 e. The van der Waals surface area contributed by atoms with Crippen LogP contribution in [0.3, 0.4) is 0 Å². The molecule has 0 aliphatic heterocycles. The molecular formula is C21H25NO4S. The first-order valence-corrected chi connectivity index (χ1v) is 10.3. The molecule has 2 aromatic rings. The lowest BCUT2D eigenvalue weighted by Crippen LogP contribution is -2.25. The summed E-state index contributed by atoms with van der Waals surface area (Å²) in [5.41, 5.74) is 2.07. The predicted octanol–water partition coefficient (Wildman–Crippen LogP) is 5.12. The van der Waals surface area contributed by atoms with Crippen molar-refractivity contribution >= 4 is 28.2 Å².